The highest BCUT2D eigenvalue weighted by molar-refractivity contribution is 5.94. The molecule has 0 radical (unpaired) electrons. The van der Waals surface area contributed by atoms with E-state index in [1.807, 2.05) is 0 Å². The van der Waals surface area contributed by atoms with Gasteiger partial charge in [-0.05, 0) is 18.6 Å². The van der Waals surface area contributed by atoms with E-state index in [-0.39, 0.29) is 31.5 Å². The summed E-state index contributed by atoms with van der Waals surface area (Å²) in [5, 5.41) is 11.3. The first kappa shape index (κ1) is 16.7. The van der Waals surface area contributed by atoms with Crippen molar-refractivity contribution in [1.82, 2.24) is 5.32 Å². The molecule has 8 heteroatoms. The zero-order valence-corrected chi connectivity index (χ0v) is 11.7. The molecule has 0 saturated carbocycles. The van der Waals surface area contributed by atoms with Crippen molar-refractivity contribution in [2.75, 3.05) is 26.4 Å². The van der Waals surface area contributed by atoms with Crippen molar-refractivity contribution in [1.29, 1.82) is 0 Å². The van der Waals surface area contributed by atoms with Crippen LogP contribution in [0.25, 0.3) is 0 Å². The van der Waals surface area contributed by atoms with Crippen molar-refractivity contribution < 1.29 is 32.5 Å². The molecule has 0 unspecified atom stereocenters. The topological polar surface area (TPSA) is 67.8 Å². The third kappa shape index (κ3) is 3.96. The molecule has 0 spiro atoms. The highest BCUT2D eigenvalue weighted by Gasteiger charge is 2.28. The van der Waals surface area contributed by atoms with Crippen molar-refractivity contribution in [2.45, 2.75) is 18.6 Å². The standard InChI is InChI=1S/C14H16F3NO4/c15-9-5-8(6-10(16)13(9)17)14(20)18-11-7-21-3-1-12(11)22-4-2-19/h5-6,11-12,19H,1-4,7H2,(H,18,20)/t11-,12+/m0/s1. The summed E-state index contributed by atoms with van der Waals surface area (Å²) in [5.41, 5.74) is -0.331. The lowest BCUT2D eigenvalue weighted by Crippen LogP contribution is -2.50. The van der Waals surface area contributed by atoms with Gasteiger partial charge in [0.1, 0.15) is 0 Å². The third-order valence-corrected chi connectivity index (χ3v) is 3.28. The molecule has 2 atom stereocenters. The quantitative estimate of drug-likeness (QED) is 0.795. The minimum Gasteiger partial charge on any atom is -0.394 e. The van der Waals surface area contributed by atoms with E-state index < -0.39 is 29.4 Å². The molecule has 22 heavy (non-hydrogen) atoms. The molecule has 2 N–H and O–H groups in total. The minimum absolute atomic E-state index is 0.108. The fourth-order valence-corrected chi connectivity index (χ4v) is 2.19. The molecule has 1 aliphatic heterocycles. The molecule has 1 saturated heterocycles. The van der Waals surface area contributed by atoms with E-state index in [1.54, 1.807) is 0 Å². The van der Waals surface area contributed by atoms with Crippen LogP contribution in [0.15, 0.2) is 12.1 Å². The van der Waals surface area contributed by atoms with Crippen molar-refractivity contribution in [2.24, 2.45) is 0 Å². The van der Waals surface area contributed by atoms with Gasteiger partial charge in [0.15, 0.2) is 17.5 Å². The molecule has 1 fully saturated rings. The SMILES string of the molecule is O=C(N[C@H]1COCC[C@H]1OCCO)c1cc(F)c(F)c(F)c1. The Morgan fingerprint density at radius 3 is 2.68 bits per heavy atom. The Hall–Kier alpha value is -1.64. The Morgan fingerprint density at radius 2 is 2.05 bits per heavy atom. The van der Waals surface area contributed by atoms with Gasteiger partial charge in [0, 0.05) is 12.2 Å². The maximum atomic E-state index is 13.2. The number of benzene rings is 1. The van der Waals surface area contributed by atoms with E-state index in [2.05, 4.69) is 5.32 Å². The summed E-state index contributed by atoms with van der Waals surface area (Å²) in [4.78, 5) is 12.0. The molecule has 1 heterocycles. The summed E-state index contributed by atoms with van der Waals surface area (Å²) >= 11 is 0. The Morgan fingerprint density at radius 1 is 1.36 bits per heavy atom. The van der Waals surface area contributed by atoms with E-state index in [4.69, 9.17) is 14.6 Å². The molecular formula is C14H16F3NO4. The number of carbonyl (C=O) groups is 1. The van der Waals surface area contributed by atoms with Crippen molar-refractivity contribution in [3.05, 3.63) is 35.1 Å². The lowest BCUT2D eigenvalue weighted by molar-refractivity contribution is -0.0612. The number of amides is 1. The van der Waals surface area contributed by atoms with Gasteiger partial charge in [0.2, 0.25) is 0 Å². The number of nitrogens with one attached hydrogen (secondary N) is 1. The highest BCUT2D eigenvalue weighted by Crippen LogP contribution is 2.16. The van der Waals surface area contributed by atoms with Crippen LogP contribution in [-0.2, 0) is 9.47 Å². The summed E-state index contributed by atoms with van der Waals surface area (Å²) in [6.07, 6.45) is 0.136. The molecule has 1 aromatic rings. The van der Waals surface area contributed by atoms with Gasteiger partial charge in [-0.3, -0.25) is 4.79 Å². The number of carbonyl (C=O) groups excluding carboxylic acids is 1. The van der Waals surface area contributed by atoms with Gasteiger partial charge in [-0.1, -0.05) is 0 Å². The fourth-order valence-electron chi connectivity index (χ4n) is 2.19. The van der Waals surface area contributed by atoms with Crippen molar-refractivity contribution in [3.63, 3.8) is 0 Å². The first-order chi connectivity index (χ1) is 10.5. The normalized spacial score (nSPS) is 21.6. The summed E-state index contributed by atoms with van der Waals surface area (Å²) in [5.74, 6) is -5.25. The number of halogens is 3. The van der Waals surface area contributed by atoms with E-state index in [1.165, 1.54) is 0 Å². The second-order valence-electron chi connectivity index (χ2n) is 4.83. The monoisotopic (exact) mass is 319 g/mol. The largest absolute Gasteiger partial charge is 0.394 e. The maximum absolute atomic E-state index is 13.2. The van der Waals surface area contributed by atoms with Crippen molar-refractivity contribution >= 4 is 5.91 Å². The second kappa shape index (κ2) is 7.57. The Balaban J connectivity index is 2.06. The van der Waals surface area contributed by atoms with E-state index in [0.29, 0.717) is 25.2 Å². The van der Waals surface area contributed by atoms with Crippen LogP contribution in [0.4, 0.5) is 13.2 Å². The van der Waals surface area contributed by atoms with Crippen LogP contribution in [0.1, 0.15) is 16.8 Å². The zero-order valence-electron chi connectivity index (χ0n) is 11.7. The number of aliphatic hydroxyl groups is 1. The lowest BCUT2D eigenvalue weighted by atomic mass is 10.1. The molecule has 1 aliphatic rings. The molecule has 122 valence electrons. The molecule has 5 nitrogen and oxygen atoms in total. The average Bonchev–Trinajstić information content (AvgIpc) is 2.51. The van der Waals surface area contributed by atoms with E-state index in [9.17, 15) is 18.0 Å². The average molecular weight is 319 g/mol. The summed E-state index contributed by atoms with van der Waals surface area (Å²) in [6, 6.07) is 0.728. The predicted molar refractivity (Wildman–Crippen MR) is 69.8 cm³/mol. The number of ether oxygens (including phenoxy) is 2. The molecule has 0 bridgehead atoms. The third-order valence-electron chi connectivity index (χ3n) is 3.28. The van der Waals surface area contributed by atoms with Gasteiger partial charge >= 0.3 is 0 Å². The van der Waals surface area contributed by atoms with Crippen LogP contribution in [0.3, 0.4) is 0 Å². The summed E-state index contributed by atoms with van der Waals surface area (Å²) < 4.78 is 49.8. The molecule has 2 rings (SSSR count). The Labute approximate surface area is 125 Å². The van der Waals surface area contributed by atoms with Gasteiger partial charge in [0.25, 0.3) is 5.91 Å². The summed E-state index contributed by atoms with van der Waals surface area (Å²) in [7, 11) is 0. The highest BCUT2D eigenvalue weighted by atomic mass is 19.2. The Kier molecular flexibility index (Phi) is 5.76. The minimum atomic E-state index is -1.62. The van der Waals surface area contributed by atoms with E-state index >= 15 is 0 Å². The number of rotatable bonds is 5. The second-order valence-corrected chi connectivity index (χ2v) is 4.83. The molecular weight excluding hydrogens is 303 g/mol. The van der Waals surface area contributed by atoms with Gasteiger partial charge in [-0.2, -0.15) is 0 Å². The van der Waals surface area contributed by atoms with Crippen LogP contribution < -0.4 is 5.32 Å². The Bertz CT molecular complexity index is 518. The number of aliphatic hydroxyl groups excluding tert-OH is 1. The number of hydrogen-bond acceptors (Lipinski definition) is 4. The van der Waals surface area contributed by atoms with E-state index in [0.717, 1.165) is 0 Å². The van der Waals surface area contributed by atoms with Gasteiger partial charge in [0.05, 0.1) is 32.0 Å². The lowest BCUT2D eigenvalue weighted by Gasteiger charge is -2.32. The molecule has 0 aromatic heterocycles. The van der Waals surface area contributed by atoms with Crippen LogP contribution in [-0.4, -0.2) is 49.6 Å². The zero-order chi connectivity index (χ0) is 16.1. The maximum Gasteiger partial charge on any atom is 0.251 e. The van der Waals surface area contributed by atoms with Crippen LogP contribution in [0, 0.1) is 17.5 Å². The predicted octanol–water partition coefficient (Wildman–Crippen LogP) is 1.00. The smallest absolute Gasteiger partial charge is 0.251 e. The van der Waals surface area contributed by atoms with Crippen LogP contribution in [0.5, 0.6) is 0 Å². The molecule has 0 aliphatic carbocycles. The first-order valence-electron chi connectivity index (χ1n) is 6.78. The number of hydrogen-bond donors (Lipinski definition) is 2. The van der Waals surface area contributed by atoms with Crippen LogP contribution in [0.2, 0.25) is 0 Å². The first-order valence-corrected chi connectivity index (χ1v) is 6.78. The van der Waals surface area contributed by atoms with Crippen LogP contribution >= 0.6 is 0 Å². The summed E-state index contributed by atoms with van der Waals surface area (Å²) in [6.45, 7) is 0.569. The molecule has 1 aromatic carbocycles. The van der Waals surface area contributed by atoms with Gasteiger partial charge < -0.3 is 19.9 Å². The van der Waals surface area contributed by atoms with Crippen molar-refractivity contribution in [3.8, 4) is 0 Å². The molecule has 1 amide bonds. The van der Waals surface area contributed by atoms with Gasteiger partial charge in [-0.15, -0.1) is 0 Å². The fraction of sp³-hybridized carbons (Fsp3) is 0.500. The van der Waals surface area contributed by atoms with Gasteiger partial charge in [-0.25, -0.2) is 13.2 Å².